The van der Waals surface area contributed by atoms with Crippen molar-refractivity contribution in [1.29, 1.82) is 0 Å². The number of hydrogen-bond donors (Lipinski definition) is 3. The molecule has 116 valence electrons. The molecule has 2 atom stereocenters. The SMILES string of the molecule is CNc1nc(C2CC2)nc(NCC2CCCC(O)C2)c1C. The van der Waals surface area contributed by atoms with Gasteiger partial charge in [-0.25, -0.2) is 9.97 Å². The van der Waals surface area contributed by atoms with Gasteiger partial charge in [-0.2, -0.15) is 0 Å². The minimum Gasteiger partial charge on any atom is -0.393 e. The van der Waals surface area contributed by atoms with Crippen LogP contribution in [0.25, 0.3) is 0 Å². The molecule has 0 bridgehead atoms. The highest BCUT2D eigenvalue weighted by atomic mass is 16.3. The average molecular weight is 290 g/mol. The first-order valence-corrected chi connectivity index (χ1v) is 8.15. The van der Waals surface area contributed by atoms with Gasteiger partial charge in [-0.1, -0.05) is 6.42 Å². The Labute approximate surface area is 126 Å². The van der Waals surface area contributed by atoms with E-state index in [0.29, 0.717) is 11.8 Å². The third-order valence-corrected chi connectivity index (χ3v) is 4.66. The fourth-order valence-electron chi connectivity index (χ4n) is 3.16. The Kier molecular flexibility index (Phi) is 4.29. The van der Waals surface area contributed by atoms with Crippen LogP contribution in [-0.4, -0.2) is 34.8 Å². The Hall–Kier alpha value is -1.36. The molecule has 2 aliphatic rings. The van der Waals surface area contributed by atoms with Gasteiger partial charge >= 0.3 is 0 Å². The molecule has 5 nitrogen and oxygen atoms in total. The zero-order valence-electron chi connectivity index (χ0n) is 13.0. The standard InChI is InChI=1S/C16H26N4O/c1-10-14(17-2)19-16(12-6-7-12)20-15(10)18-9-11-4-3-5-13(21)8-11/h11-13,21H,3-9H2,1-2H3,(H2,17,18,19,20). The summed E-state index contributed by atoms with van der Waals surface area (Å²) >= 11 is 0. The van der Waals surface area contributed by atoms with Crippen molar-refractivity contribution in [2.45, 2.75) is 57.5 Å². The topological polar surface area (TPSA) is 70.1 Å². The van der Waals surface area contributed by atoms with E-state index < -0.39 is 0 Å². The van der Waals surface area contributed by atoms with Gasteiger partial charge in [0.1, 0.15) is 17.5 Å². The molecule has 0 aromatic carbocycles. The normalized spacial score (nSPS) is 25.7. The Morgan fingerprint density at radius 1 is 1.14 bits per heavy atom. The van der Waals surface area contributed by atoms with Crippen molar-refractivity contribution in [3.8, 4) is 0 Å². The lowest BCUT2D eigenvalue weighted by Crippen LogP contribution is -2.25. The quantitative estimate of drug-likeness (QED) is 0.778. The first-order chi connectivity index (χ1) is 10.2. The minimum atomic E-state index is -0.119. The Bertz CT molecular complexity index is 501. The molecule has 0 saturated heterocycles. The summed E-state index contributed by atoms with van der Waals surface area (Å²) in [6.45, 7) is 2.95. The summed E-state index contributed by atoms with van der Waals surface area (Å²) in [5.41, 5.74) is 1.08. The van der Waals surface area contributed by atoms with E-state index in [2.05, 4.69) is 22.5 Å². The van der Waals surface area contributed by atoms with Gasteiger partial charge in [0.15, 0.2) is 0 Å². The fourth-order valence-corrected chi connectivity index (χ4v) is 3.16. The summed E-state index contributed by atoms with van der Waals surface area (Å²) in [5, 5.41) is 16.4. The lowest BCUT2D eigenvalue weighted by atomic mass is 9.87. The predicted molar refractivity (Wildman–Crippen MR) is 84.7 cm³/mol. The Morgan fingerprint density at radius 2 is 1.90 bits per heavy atom. The third-order valence-electron chi connectivity index (χ3n) is 4.66. The number of aliphatic hydroxyl groups excluding tert-OH is 1. The van der Waals surface area contributed by atoms with E-state index in [4.69, 9.17) is 4.98 Å². The van der Waals surface area contributed by atoms with Gasteiger partial charge in [-0.3, -0.25) is 0 Å². The molecule has 21 heavy (non-hydrogen) atoms. The second kappa shape index (κ2) is 6.18. The molecular formula is C16H26N4O. The summed E-state index contributed by atoms with van der Waals surface area (Å²) in [6, 6.07) is 0. The lowest BCUT2D eigenvalue weighted by Gasteiger charge is -2.26. The van der Waals surface area contributed by atoms with Crippen LogP contribution in [0.1, 0.15) is 55.8 Å². The van der Waals surface area contributed by atoms with E-state index in [1.54, 1.807) is 0 Å². The van der Waals surface area contributed by atoms with Crippen LogP contribution < -0.4 is 10.6 Å². The van der Waals surface area contributed by atoms with Gasteiger partial charge in [-0.05, 0) is 44.9 Å². The van der Waals surface area contributed by atoms with Crippen LogP contribution in [0.3, 0.4) is 0 Å². The van der Waals surface area contributed by atoms with Gasteiger partial charge in [0, 0.05) is 25.1 Å². The zero-order valence-corrected chi connectivity index (χ0v) is 13.0. The number of nitrogens with zero attached hydrogens (tertiary/aromatic N) is 2. The molecule has 0 radical (unpaired) electrons. The summed E-state index contributed by atoms with van der Waals surface area (Å²) in [4.78, 5) is 9.34. The van der Waals surface area contributed by atoms with Crippen LogP contribution in [0.2, 0.25) is 0 Å². The molecular weight excluding hydrogens is 264 g/mol. The maximum atomic E-state index is 9.78. The van der Waals surface area contributed by atoms with E-state index >= 15 is 0 Å². The zero-order chi connectivity index (χ0) is 14.8. The molecule has 2 aliphatic carbocycles. The molecule has 0 spiro atoms. The number of aliphatic hydroxyl groups is 1. The van der Waals surface area contributed by atoms with Gasteiger partial charge in [-0.15, -0.1) is 0 Å². The molecule has 3 N–H and O–H groups in total. The van der Waals surface area contributed by atoms with E-state index in [9.17, 15) is 5.11 Å². The number of anilines is 2. The third kappa shape index (κ3) is 3.46. The molecule has 1 aromatic heterocycles. The van der Waals surface area contributed by atoms with Crippen LogP contribution in [0.4, 0.5) is 11.6 Å². The highest BCUT2D eigenvalue weighted by Crippen LogP contribution is 2.39. The van der Waals surface area contributed by atoms with Crippen molar-refractivity contribution in [1.82, 2.24) is 9.97 Å². The molecule has 5 heteroatoms. The van der Waals surface area contributed by atoms with Crippen LogP contribution in [-0.2, 0) is 0 Å². The first kappa shape index (κ1) is 14.6. The summed E-state index contributed by atoms with van der Waals surface area (Å²) in [5.74, 6) is 3.95. The summed E-state index contributed by atoms with van der Waals surface area (Å²) in [7, 11) is 1.91. The highest BCUT2D eigenvalue weighted by Gasteiger charge is 2.28. The van der Waals surface area contributed by atoms with Crippen molar-refractivity contribution in [2.75, 3.05) is 24.2 Å². The summed E-state index contributed by atoms with van der Waals surface area (Å²) < 4.78 is 0. The molecule has 2 unspecified atom stereocenters. The van der Waals surface area contributed by atoms with Gasteiger partial charge < -0.3 is 15.7 Å². The van der Waals surface area contributed by atoms with Crippen LogP contribution in [0.15, 0.2) is 0 Å². The molecule has 2 saturated carbocycles. The van der Waals surface area contributed by atoms with Crippen molar-refractivity contribution >= 4 is 11.6 Å². The Balaban J connectivity index is 1.70. The van der Waals surface area contributed by atoms with Crippen LogP contribution in [0.5, 0.6) is 0 Å². The minimum absolute atomic E-state index is 0.119. The molecule has 3 rings (SSSR count). The van der Waals surface area contributed by atoms with Gasteiger partial charge in [0.2, 0.25) is 0 Å². The molecule has 1 aromatic rings. The second-order valence-electron chi connectivity index (χ2n) is 6.50. The highest BCUT2D eigenvalue weighted by molar-refractivity contribution is 5.57. The molecule has 0 aliphatic heterocycles. The average Bonchev–Trinajstić information content (AvgIpc) is 3.31. The molecule has 1 heterocycles. The Morgan fingerprint density at radius 3 is 2.57 bits per heavy atom. The van der Waals surface area contributed by atoms with E-state index in [-0.39, 0.29) is 6.10 Å². The monoisotopic (exact) mass is 290 g/mol. The van der Waals surface area contributed by atoms with E-state index in [0.717, 1.165) is 48.8 Å². The molecule has 2 fully saturated rings. The first-order valence-electron chi connectivity index (χ1n) is 8.15. The van der Waals surface area contributed by atoms with Crippen LogP contribution >= 0.6 is 0 Å². The second-order valence-corrected chi connectivity index (χ2v) is 6.50. The smallest absolute Gasteiger partial charge is 0.136 e. The number of nitrogens with one attached hydrogen (secondary N) is 2. The van der Waals surface area contributed by atoms with Gasteiger partial charge in [0.05, 0.1) is 6.10 Å². The van der Waals surface area contributed by atoms with Crippen LogP contribution in [0, 0.1) is 12.8 Å². The number of aromatic nitrogens is 2. The van der Waals surface area contributed by atoms with Crippen molar-refractivity contribution < 1.29 is 5.11 Å². The van der Waals surface area contributed by atoms with Crippen molar-refractivity contribution in [3.05, 3.63) is 11.4 Å². The van der Waals surface area contributed by atoms with E-state index in [1.165, 1.54) is 19.3 Å². The maximum Gasteiger partial charge on any atom is 0.136 e. The largest absolute Gasteiger partial charge is 0.393 e. The maximum absolute atomic E-state index is 9.78. The fraction of sp³-hybridized carbons (Fsp3) is 0.750. The predicted octanol–water partition coefficient (Wildman–Crippen LogP) is 2.67. The number of hydrogen-bond acceptors (Lipinski definition) is 5. The summed E-state index contributed by atoms with van der Waals surface area (Å²) in [6.07, 6.45) is 6.49. The van der Waals surface area contributed by atoms with Crippen molar-refractivity contribution in [3.63, 3.8) is 0 Å². The van der Waals surface area contributed by atoms with Crippen molar-refractivity contribution in [2.24, 2.45) is 5.92 Å². The van der Waals surface area contributed by atoms with E-state index in [1.807, 2.05) is 7.05 Å². The van der Waals surface area contributed by atoms with Gasteiger partial charge in [0.25, 0.3) is 0 Å². The molecule has 0 amide bonds. The number of rotatable bonds is 5. The lowest BCUT2D eigenvalue weighted by molar-refractivity contribution is 0.104.